The van der Waals surface area contributed by atoms with E-state index in [0.29, 0.717) is 27.0 Å². The highest BCUT2D eigenvalue weighted by Gasteiger charge is 2.11. The summed E-state index contributed by atoms with van der Waals surface area (Å²) in [4.78, 5) is 24.0. The molecule has 0 atom stereocenters. The van der Waals surface area contributed by atoms with E-state index < -0.39 is 0 Å². The lowest BCUT2D eigenvalue weighted by Crippen LogP contribution is -2.28. The summed E-state index contributed by atoms with van der Waals surface area (Å²) >= 11 is 11.7. The zero-order chi connectivity index (χ0) is 17.5. The minimum absolute atomic E-state index is 0.116. The molecule has 0 aromatic heterocycles. The molecule has 0 saturated heterocycles. The van der Waals surface area contributed by atoms with Gasteiger partial charge in [-0.15, -0.1) is 0 Å². The third-order valence-electron chi connectivity index (χ3n) is 3.14. The van der Waals surface area contributed by atoms with Crippen molar-refractivity contribution in [2.24, 2.45) is 0 Å². The molecule has 0 spiro atoms. The van der Waals surface area contributed by atoms with Gasteiger partial charge >= 0.3 is 0 Å². The largest absolute Gasteiger partial charge is 0.496 e. The molecule has 2 aromatic rings. The van der Waals surface area contributed by atoms with Crippen LogP contribution >= 0.6 is 23.2 Å². The lowest BCUT2D eigenvalue weighted by Gasteiger charge is -2.09. The SMILES string of the molecule is COc1ccccc1C(=O)NCCC(=O)Nc1cc(Cl)cc(Cl)c1. The van der Waals surface area contributed by atoms with Crippen LogP contribution in [0.5, 0.6) is 5.75 Å². The smallest absolute Gasteiger partial charge is 0.255 e. The Labute approximate surface area is 149 Å². The first-order chi connectivity index (χ1) is 11.5. The summed E-state index contributed by atoms with van der Waals surface area (Å²) in [7, 11) is 1.50. The number of benzene rings is 2. The number of hydrogen-bond acceptors (Lipinski definition) is 3. The zero-order valence-electron chi connectivity index (χ0n) is 12.9. The molecular formula is C17H16Cl2N2O3. The fraction of sp³-hybridized carbons (Fsp3) is 0.176. The topological polar surface area (TPSA) is 67.4 Å². The van der Waals surface area contributed by atoms with Crippen molar-refractivity contribution >= 4 is 40.7 Å². The van der Waals surface area contributed by atoms with Gasteiger partial charge in [0.1, 0.15) is 5.75 Å². The van der Waals surface area contributed by atoms with Crippen molar-refractivity contribution in [3.05, 3.63) is 58.1 Å². The summed E-state index contributed by atoms with van der Waals surface area (Å²) in [6.07, 6.45) is 0.116. The van der Waals surface area contributed by atoms with Gasteiger partial charge in [0.25, 0.3) is 5.91 Å². The molecule has 2 aromatic carbocycles. The molecule has 5 nitrogen and oxygen atoms in total. The Balaban J connectivity index is 1.85. The minimum atomic E-state index is -0.300. The Hall–Kier alpha value is -2.24. The number of carbonyl (C=O) groups is 2. The molecule has 7 heteroatoms. The molecule has 0 radical (unpaired) electrons. The average Bonchev–Trinajstić information content (AvgIpc) is 2.53. The molecule has 0 aliphatic carbocycles. The number of methoxy groups -OCH3 is 1. The first-order valence-electron chi connectivity index (χ1n) is 7.17. The fourth-order valence-corrected chi connectivity index (χ4v) is 2.59. The standard InChI is InChI=1S/C17H16Cl2N2O3/c1-24-15-5-3-2-4-14(15)17(23)20-7-6-16(22)21-13-9-11(18)8-12(19)10-13/h2-5,8-10H,6-7H2,1H3,(H,20,23)(H,21,22). The van der Waals surface area contributed by atoms with Crippen LogP contribution in [0.15, 0.2) is 42.5 Å². The lowest BCUT2D eigenvalue weighted by atomic mass is 10.2. The van der Waals surface area contributed by atoms with Crippen molar-refractivity contribution in [2.75, 3.05) is 19.0 Å². The molecule has 24 heavy (non-hydrogen) atoms. The van der Waals surface area contributed by atoms with E-state index >= 15 is 0 Å². The van der Waals surface area contributed by atoms with E-state index in [1.807, 2.05) is 0 Å². The number of hydrogen-bond donors (Lipinski definition) is 2. The van der Waals surface area contributed by atoms with E-state index in [2.05, 4.69) is 10.6 Å². The number of amides is 2. The number of para-hydroxylation sites is 1. The number of rotatable bonds is 6. The van der Waals surface area contributed by atoms with E-state index in [1.54, 1.807) is 42.5 Å². The van der Waals surface area contributed by atoms with Crippen LogP contribution in [0.25, 0.3) is 0 Å². The molecule has 0 aliphatic heterocycles. The summed E-state index contributed by atoms with van der Waals surface area (Å²) in [6, 6.07) is 11.6. The predicted molar refractivity (Wildman–Crippen MR) is 95.0 cm³/mol. The van der Waals surface area contributed by atoms with E-state index in [0.717, 1.165) is 0 Å². The first kappa shape index (κ1) is 18.1. The summed E-state index contributed by atoms with van der Waals surface area (Å²) in [5, 5.41) is 6.22. The van der Waals surface area contributed by atoms with Crippen molar-refractivity contribution < 1.29 is 14.3 Å². The van der Waals surface area contributed by atoms with E-state index in [4.69, 9.17) is 27.9 Å². The molecule has 0 fully saturated rings. The van der Waals surface area contributed by atoms with Crippen molar-refractivity contribution in [2.45, 2.75) is 6.42 Å². The number of carbonyl (C=O) groups excluding carboxylic acids is 2. The second-order valence-corrected chi connectivity index (χ2v) is 5.79. The van der Waals surface area contributed by atoms with Gasteiger partial charge in [0.15, 0.2) is 0 Å². The van der Waals surface area contributed by atoms with Crippen molar-refractivity contribution in [1.29, 1.82) is 0 Å². The first-order valence-corrected chi connectivity index (χ1v) is 7.92. The molecule has 2 rings (SSSR count). The summed E-state index contributed by atoms with van der Waals surface area (Å²) in [5.74, 6) is -0.0762. The molecule has 0 unspecified atom stereocenters. The third kappa shape index (κ3) is 5.15. The van der Waals surface area contributed by atoms with Gasteiger partial charge in [-0.1, -0.05) is 35.3 Å². The Morgan fingerprint density at radius 1 is 1.08 bits per heavy atom. The van der Waals surface area contributed by atoms with E-state index in [9.17, 15) is 9.59 Å². The second-order valence-electron chi connectivity index (χ2n) is 4.91. The monoisotopic (exact) mass is 366 g/mol. The number of anilines is 1. The molecule has 0 saturated carbocycles. The fourth-order valence-electron chi connectivity index (χ4n) is 2.07. The van der Waals surface area contributed by atoms with Crippen LogP contribution in [0.1, 0.15) is 16.8 Å². The Bertz CT molecular complexity index is 730. The van der Waals surface area contributed by atoms with Crippen LogP contribution < -0.4 is 15.4 Å². The van der Waals surface area contributed by atoms with Crippen molar-refractivity contribution in [3.63, 3.8) is 0 Å². The average molecular weight is 367 g/mol. The Kier molecular flexibility index (Phi) is 6.46. The highest BCUT2D eigenvalue weighted by atomic mass is 35.5. The Morgan fingerprint density at radius 3 is 2.42 bits per heavy atom. The molecule has 126 valence electrons. The van der Waals surface area contributed by atoms with Gasteiger partial charge < -0.3 is 15.4 Å². The van der Waals surface area contributed by atoms with Crippen molar-refractivity contribution in [1.82, 2.24) is 5.32 Å². The molecule has 2 N–H and O–H groups in total. The molecule has 0 bridgehead atoms. The summed E-state index contributed by atoms with van der Waals surface area (Å²) in [5.41, 5.74) is 0.926. The maximum atomic E-state index is 12.1. The van der Waals surface area contributed by atoms with Crippen LogP contribution in [0, 0.1) is 0 Å². The molecular weight excluding hydrogens is 351 g/mol. The van der Waals surface area contributed by atoms with Gasteiger partial charge in [-0.3, -0.25) is 9.59 Å². The normalized spacial score (nSPS) is 10.1. The molecule has 2 amide bonds. The van der Waals surface area contributed by atoms with Crippen LogP contribution in [0.4, 0.5) is 5.69 Å². The minimum Gasteiger partial charge on any atom is -0.496 e. The van der Waals surface area contributed by atoms with Gasteiger partial charge in [-0.25, -0.2) is 0 Å². The number of nitrogens with one attached hydrogen (secondary N) is 2. The predicted octanol–water partition coefficient (Wildman–Crippen LogP) is 3.76. The van der Waals surface area contributed by atoms with Crippen molar-refractivity contribution in [3.8, 4) is 5.75 Å². The highest BCUT2D eigenvalue weighted by molar-refractivity contribution is 6.35. The quantitative estimate of drug-likeness (QED) is 0.817. The third-order valence-corrected chi connectivity index (χ3v) is 3.57. The van der Waals surface area contributed by atoms with Gasteiger partial charge in [-0.2, -0.15) is 0 Å². The van der Waals surface area contributed by atoms with Crippen LogP contribution in [-0.4, -0.2) is 25.5 Å². The Morgan fingerprint density at radius 2 is 1.75 bits per heavy atom. The maximum Gasteiger partial charge on any atom is 0.255 e. The summed E-state index contributed by atoms with van der Waals surface area (Å²) < 4.78 is 5.13. The van der Waals surface area contributed by atoms with E-state index in [1.165, 1.54) is 7.11 Å². The lowest BCUT2D eigenvalue weighted by molar-refractivity contribution is -0.116. The van der Waals surface area contributed by atoms with Gasteiger partial charge in [0.05, 0.1) is 12.7 Å². The van der Waals surface area contributed by atoms with Gasteiger partial charge in [0.2, 0.25) is 5.91 Å². The number of halogens is 2. The van der Waals surface area contributed by atoms with E-state index in [-0.39, 0.29) is 24.8 Å². The highest BCUT2D eigenvalue weighted by Crippen LogP contribution is 2.22. The number of ether oxygens (including phenoxy) is 1. The van der Waals surface area contributed by atoms with Crippen LogP contribution in [0.3, 0.4) is 0 Å². The van der Waals surface area contributed by atoms with Crippen LogP contribution in [0.2, 0.25) is 10.0 Å². The zero-order valence-corrected chi connectivity index (χ0v) is 14.4. The second kappa shape index (κ2) is 8.57. The van der Waals surface area contributed by atoms with Gasteiger partial charge in [-0.05, 0) is 30.3 Å². The maximum absolute atomic E-state index is 12.1. The molecule has 0 heterocycles. The van der Waals surface area contributed by atoms with Gasteiger partial charge in [0, 0.05) is 28.7 Å². The summed E-state index contributed by atoms with van der Waals surface area (Å²) in [6.45, 7) is 0.191. The van der Waals surface area contributed by atoms with Crippen LogP contribution in [-0.2, 0) is 4.79 Å². The molecule has 0 aliphatic rings.